The number of piperazine rings is 1. The van der Waals surface area contributed by atoms with E-state index in [1.54, 1.807) is 18.5 Å². The lowest BCUT2D eigenvalue weighted by Crippen LogP contribution is -2.51. The maximum Gasteiger partial charge on any atom is 0.225 e. The first-order valence-electron chi connectivity index (χ1n) is 8.73. The number of aromatic nitrogens is 2. The van der Waals surface area contributed by atoms with Crippen LogP contribution in [0.3, 0.4) is 0 Å². The molecule has 8 nitrogen and oxygen atoms in total. The normalized spacial score (nSPS) is 15.2. The van der Waals surface area contributed by atoms with Crippen molar-refractivity contribution in [2.75, 3.05) is 37.3 Å². The second-order valence-corrected chi connectivity index (χ2v) is 8.73. The quantitative estimate of drug-likeness (QED) is 0.363. The highest BCUT2D eigenvalue weighted by atomic mass is 127. The number of nitrogens with zero attached hydrogens (tertiary/aromatic N) is 5. The Labute approximate surface area is 182 Å². The summed E-state index contributed by atoms with van der Waals surface area (Å²) in [6.07, 6.45) is 4.71. The molecule has 0 atom stereocenters. The lowest BCUT2D eigenvalue weighted by atomic mass is 10.1. The molecule has 152 valence electrons. The summed E-state index contributed by atoms with van der Waals surface area (Å²) in [5.74, 6) is 1.26. The predicted molar refractivity (Wildman–Crippen MR) is 122 cm³/mol. The van der Waals surface area contributed by atoms with Crippen LogP contribution in [-0.4, -0.2) is 61.7 Å². The molecular weight excluding hydrogens is 491 g/mol. The molecule has 1 aromatic carbocycles. The summed E-state index contributed by atoms with van der Waals surface area (Å²) in [6.45, 7) is 3.49. The second kappa shape index (κ2) is 10.0. The molecule has 0 spiro atoms. The number of nitrogens with two attached hydrogens (primary N) is 1. The average Bonchev–Trinajstić information content (AvgIpc) is 2.66. The van der Waals surface area contributed by atoms with E-state index in [0.717, 1.165) is 43.3 Å². The highest BCUT2D eigenvalue weighted by Gasteiger charge is 2.19. The van der Waals surface area contributed by atoms with Crippen LogP contribution < -0.4 is 10.6 Å². The van der Waals surface area contributed by atoms with Gasteiger partial charge in [0.05, 0.1) is 12.3 Å². The van der Waals surface area contributed by atoms with Crippen LogP contribution >= 0.6 is 24.0 Å². The average molecular weight is 516 g/mol. The second-order valence-electron chi connectivity index (χ2n) is 6.59. The highest BCUT2D eigenvalue weighted by molar-refractivity contribution is 14.0. The summed E-state index contributed by atoms with van der Waals surface area (Å²) in [6, 6.07) is 9.24. The van der Waals surface area contributed by atoms with Crippen LogP contribution in [0.4, 0.5) is 5.95 Å². The molecule has 2 heterocycles. The molecule has 0 unspecified atom stereocenters. The fraction of sp³-hybridized carbons (Fsp3) is 0.389. The third-order valence-electron chi connectivity index (χ3n) is 4.28. The lowest BCUT2D eigenvalue weighted by molar-refractivity contribution is 0.378. The smallest absolute Gasteiger partial charge is 0.225 e. The van der Waals surface area contributed by atoms with Gasteiger partial charge in [0, 0.05) is 44.8 Å². The molecule has 0 aliphatic carbocycles. The topological polar surface area (TPSA) is 105 Å². The fourth-order valence-electron chi connectivity index (χ4n) is 2.98. The Morgan fingerprint density at radius 2 is 1.75 bits per heavy atom. The Morgan fingerprint density at radius 1 is 1.11 bits per heavy atom. The van der Waals surface area contributed by atoms with Gasteiger partial charge in [-0.05, 0) is 17.2 Å². The molecule has 1 saturated heterocycles. The number of sulfone groups is 1. The first-order valence-corrected chi connectivity index (χ1v) is 10.8. The molecule has 1 aliphatic rings. The third-order valence-corrected chi connectivity index (χ3v) is 5.14. The summed E-state index contributed by atoms with van der Waals surface area (Å²) in [5, 5.41) is 0. The summed E-state index contributed by atoms with van der Waals surface area (Å²) >= 11 is 0. The van der Waals surface area contributed by atoms with Crippen molar-refractivity contribution >= 4 is 45.7 Å². The molecule has 2 aromatic rings. The number of benzene rings is 1. The number of aliphatic imine (C=N–C) groups is 1. The van der Waals surface area contributed by atoms with E-state index in [4.69, 9.17) is 5.73 Å². The summed E-state index contributed by atoms with van der Waals surface area (Å²) in [5.41, 5.74) is 7.85. The largest absolute Gasteiger partial charge is 0.370 e. The molecule has 0 saturated carbocycles. The van der Waals surface area contributed by atoms with Crippen LogP contribution in [0.25, 0.3) is 0 Å². The number of anilines is 1. The molecule has 1 fully saturated rings. The Morgan fingerprint density at radius 3 is 2.39 bits per heavy atom. The molecule has 28 heavy (non-hydrogen) atoms. The SMILES string of the molecule is CS(=O)(=O)Cc1cccc(CN=C(N)N2CCN(c3ncccn3)CC2)c1.I. The van der Waals surface area contributed by atoms with Gasteiger partial charge >= 0.3 is 0 Å². The van der Waals surface area contributed by atoms with E-state index in [-0.39, 0.29) is 29.7 Å². The molecule has 3 rings (SSSR count). The monoisotopic (exact) mass is 516 g/mol. The molecule has 0 radical (unpaired) electrons. The Balaban J connectivity index is 0.00000280. The Hall–Kier alpha value is -1.95. The van der Waals surface area contributed by atoms with Crippen molar-refractivity contribution in [3.63, 3.8) is 0 Å². The van der Waals surface area contributed by atoms with Crippen molar-refractivity contribution < 1.29 is 8.42 Å². The van der Waals surface area contributed by atoms with Gasteiger partial charge < -0.3 is 15.5 Å². The zero-order chi connectivity index (χ0) is 19.3. The van der Waals surface area contributed by atoms with Crippen molar-refractivity contribution in [2.24, 2.45) is 10.7 Å². The molecule has 1 aromatic heterocycles. The standard InChI is InChI=1S/C18H24N6O2S.HI/c1-27(25,26)14-16-5-2-4-15(12-16)13-22-17(19)23-8-10-24(11-9-23)18-20-6-3-7-21-18;/h2-7,12H,8-11,13-14H2,1H3,(H2,19,22);1H. The fourth-order valence-corrected chi connectivity index (χ4v) is 3.77. The molecular formula is C18H25IN6O2S. The lowest BCUT2D eigenvalue weighted by Gasteiger charge is -2.35. The van der Waals surface area contributed by atoms with E-state index in [9.17, 15) is 8.42 Å². The minimum atomic E-state index is -3.05. The number of halogens is 1. The van der Waals surface area contributed by atoms with Gasteiger partial charge in [0.2, 0.25) is 5.95 Å². The minimum Gasteiger partial charge on any atom is -0.370 e. The maximum absolute atomic E-state index is 11.4. The van der Waals surface area contributed by atoms with E-state index >= 15 is 0 Å². The van der Waals surface area contributed by atoms with Gasteiger partial charge in [-0.25, -0.2) is 23.4 Å². The summed E-state index contributed by atoms with van der Waals surface area (Å²) < 4.78 is 22.9. The van der Waals surface area contributed by atoms with Crippen LogP contribution in [0.15, 0.2) is 47.7 Å². The van der Waals surface area contributed by atoms with Crippen molar-refractivity contribution in [3.8, 4) is 0 Å². The van der Waals surface area contributed by atoms with E-state index in [1.165, 1.54) is 6.26 Å². The van der Waals surface area contributed by atoms with Crippen LogP contribution in [0.1, 0.15) is 11.1 Å². The molecule has 2 N–H and O–H groups in total. The van der Waals surface area contributed by atoms with Crippen LogP contribution in [0.5, 0.6) is 0 Å². The minimum absolute atomic E-state index is 0. The predicted octanol–water partition coefficient (Wildman–Crippen LogP) is 1.28. The number of hydrogen-bond acceptors (Lipinski definition) is 6. The van der Waals surface area contributed by atoms with Gasteiger partial charge in [-0.2, -0.15) is 0 Å². The first-order chi connectivity index (χ1) is 12.9. The van der Waals surface area contributed by atoms with Gasteiger partial charge in [-0.3, -0.25) is 0 Å². The van der Waals surface area contributed by atoms with Crippen LogP contribution in [0.2, 0.25) is 0 Å². The Kier molecular flexibility index (Phi) is 7.98. The third kappa shape index (κ3) is 6.59. The van der Waals surface area contributed by atoms with E-state index < -0.39 is 9.84 Å². The maximum atomic E-state index is 11.4. The molecule has 0 amide bonds. The highest BCUT2D eigenvalue weighted by Crippen LogP contribution is 2.12. The Bertz CT molecular complexity index is 899. The first kappa shape index (κ1) is 22.3. The van der Waals surface area contributed by atoms with E-state index in [1.807, 2.05) is 29.2 Å². The molecule has 1 aliphatic heterocycles. The zero-order valence-electron chi connectivity index (χ0n) is 15.7. The van der Waals surface area contributed by atoms with Crippen LogP contribution in [0, 0.1) is 0 Å². The van der Waals surface area contributed by atoms with Gasteiger partial charge in [0.1, 0.15) is 0 Å². The van der Waals surface area contributed by atoms with Crippen molar-refractivity contribution in [1.82, 2.24) is 14.9 Å². The van der Waals surface area contributed by atoms with Crippen molar-refractivity contribution in [3.05, 3.63) is 53.9 Å². The summed E-state index contributed by atoms with van der Waals surface area (Å²) in [4.78, 5) is 17.2. The number of hydrogen-bond donors (Lipinski definition) is 1. The molecule has 10 heteroatoms. The van der Waals surface area contributed by atoms with Crippen molar-refractivity contribution in [1.29, 1.82) is 0 Å². The van der Waals surface area contributed by atoms with E-state index in [2.05, 4.69) is 19.9 Å². The van der Waals surface area contributed by atoms with Gasteiger partial charge in [0.25, 0.3) is 0 Å². The number of guanidine groups is 1. The molecule has 0 bridgehead atoms. The summed E-state index contributed by atoms with van der Waals surface area (Å²) in [7, 11) is -3.05. The van der Waals surface area contributed by atoms with Crippen molar-refractivity contribution in [2.45, 2.75) is 12.3 Å². The van der Waals surface area contributed by atoms with E-state index in [0.29, 0.717) is 12.5 Å². The van der Waals surface area contributed by atoms with Gasteiger partial charge in [-0.15, -0.1) is 24.0 Å². The van der Waals surface area contributed by atoms with Gasteiger partial charge in [-0.1, -0.05) is 24.3 Å². The zero-order valence-corrected chi connectivity index (χ0v) is 18.9. The van der Waals surface area contributed by atoms with Gasteiger partial charge in [0.15, 0.2) is 15.8 Å². The van der Waals surface area contributed by atoms with Crippen LogP contribution in [-0.2, 0) is 22.1 Å². The number of rotatable bonds is 5.